The van der Waals surface area contributed by atoms with Gasteiger partial charge in [0.1, 0.15) is 0 Å². The summed E-state index contributed by atoms with van der Waals surface area (Å²) in [7, 11) is 0. The van der Waals surface area contributed by atoms with E-state index >= 15 is 0 Å². The SMILES string of the molecule is C=CCN(CC=C)C(=O)c1cc(N)cc(Cl)c1. The lowest BCUT2D eigenvalue weighted by molar-refractivity contribution is 0.0791. The molecule has 0 unspecified atom stereocenters. The van der Waals surface area contributed by atoms with Gasteiger partial charge in [0.05, 0.1) is 0 Å². The Morgan fingerprint density at radius 1 is 1.29 bits per heavy atom. The van der Waals surface area contributed by atoms with Crippen LogP contribution in [-0.2, 0) is 0 Å². The number of nitrogens with two attached hydrogens (primary N) is 1. The number of amides is 1. The first-order valence-electron chi connectivity index (χ1n) is 5.15. The van der Waals surface area contributed by atoms with Gasteiger partial charge in [0.2, 0.25) is 0 Å². The number of halogens is 1. The van der Waals surface area contributed by atoms with E-state index in [1.54, 1.807) is 35.3 Å². The van der Waals surface area contributed by atoms with E-state index in [2.05, 4.69) is 13.2 Å². The Kier molecular flexibility index (Phi) is 4.79. The van der Waals surface area contributed by atoms with Crippen LogP contribution in [0.4, 0.5) is 5.69 Å². The Labute approximate surface area is 106 Å². The van der Waals surface area contributed by atoms with Gasteiger partial charge in [-0.2, -0.15) is 0 Å². The molecule has 0 radical (unpaired) electrons. The van der Waals surface area contributed by atoms with E-state index in [0.29, 0.717) is 29.4 Å². The van der Waals surface area contributed by atoms with Crippen LogP contribution in [0.2, 0.25) is 5.02 Å². The highest BCUT2D eigenvalue weighted by atomic mass is 35.5. The maximum Gasteiger partial charge on any atom is 0.254 e. The van der Waals surface area contributed by atoms with Crippen molar-refractivity contribution in [2.45, 2.75) is 0 Å². The van der Waals surface area contributed by atoms with Crippen LogP contribution in [0.1, 0.15) is 10.4 Å². The summed E-state index contributed by atoms with van der Waals surface area (Å²) < 4.78 is 0. The van der Waals surface area contributed by atoms with Crippen LogP contribution in [0, 0.1) is 0 Å². The van der Waals surface area contributed by atoms with Crippen molar-refractivity contribution < 1.29 is 4.79 Å². The summed E-state index contributed by atoms with van der Waals surface area (Å²) >= 11 is 5.86. The Morgan fingerprint density at radius 3 is 2.35 bits per heavy atom. The second-order valence-electron chi connectivity index (χ2n) is 3.56. The van der Waals surface area contributed by atoms with Crippen molar-refractivity contribution in [3.63, 3.8) is 0 Å². The molecule has 1 aromatic carbocycles. The number of benzene rings is 1. The third-order valence-corrected chi connectivity index (χ3v) is 2.37. The maximum atomic E-state index is 12.1. The molecule has 1 amide bonds. The fourth-order valence-corrected chi connectivity index (χ4v) is 1.71. The third kappa shape index (κ3) is 3.64. The summed E-state index contributed by atoms with van der Waals surface area (Å²) in [5.74, 6) is -0.140. The highest BCUT2D eigenvalue weighted by molar-refractivity contribution is 6.31. The predicted molar refractivity (Wildman–Crippen MR) is 72.2 cm³/mol. The smallest absolute Gasteiger partial charge is 0.254 e. The Morgan fingerprint density at radius 2 is 1.88 bits per heavy atom. The molecule has 0 aliphatic carbocycles. The quantitative estimate of drug-likeness (QED) is 0.645. The minimum absolute atomic E-state index is 0.140. The number of hydrogen-bond donors (Lipinski definition) is 1. The molecule has 1 rings (SSSR count). The zero-order valence-corrected chi connectivity index (χ0v) is 10.3. The second-order valence-corrected chi connectivity index (χ2v) is 4.00. The van der Waals surface area contributed by atoms with Gasteiger partial charge in [-0.05, 0) is 18.2 Å². The van der Waals surface area contributed by atoms with E-state index in [1.165, 1.54) is 0 Å². The first-order chi connectivity index (χ1) is 8.08. The van der Waals surface area contributed by atoms with E-state index in [0.717, 1.165) is 0 Å². The largest absolute Gasteiger partial charge is 0.399 e. The average Bonchev–Trinajstić information content (AvgIpc) is 2.26. The number of carbonyl (C=O) groups excluding carboxylic acids is 1. The van der Waals surface area contributed by atoms with Crippen LogP contribution in [0.3, 0.4) is 0 Å². The lowest BCUT2D eigenvalue weighted by Gasteiger charge is -2.19. The molecule has 2 N–H and O–H groups in total. The topological polar surface area (TPSA) is 46.3 Å². The zero-order chi connectivity index (χ0) is 12.8. The van der Waals surface area contributed by atoms with Gasteiger partial charge in [0, 0.05) is 29.4 Å². The molecule has 0 atom stereocenters. The first kappa shape index (κ1) is 13.3. The molecule has 17 heavy (non-hydrogen) atoms. The molecule has 3 nitrogen and oxygen atoms in total. The number of hydrogen-bond acceptors (Lipinski definition) is 2. The molecular formula is C13H15ClN2O. The minimum Gasteiger partial charge on any atom is -0.399 e. The molecule has 0 spiro atoms. The van der Waals surface area contributed by atoms with E-state index in [-0.39, 0.29) is 5.91 Å². The van der Waals surface area contributed by atoms with Crippen molar-refractivity contribution in [1.29, 1.82) is 0 Å². The highest BCUT2D eigenvalue weighted by Crippen LogP contribution is 2.18. The standard InChI is InChI=1S/C13H15ClN2O/c1-3-5-16(6-4-2)13(17)10-7-11(14)9-12(15)8-10/h3-4,7-9H,1-2,5-6,15H2. The predicted octanol–water partition coefficient (Wildman–Crippen LogP) is 2.74. The van der Waals surface area contributed by atoms with Crippen LogP contribution in [-0.4, -0.2) is 23.9 Å². The van der Waals surface area contributed by atoms with Crippen LogP contribution in [0.25, 0.3) is 0 Å². The van der Waals surface area contributed by atoms with Crippen LogP contribution < -0.4 is 5.73 Å². The molecule has 0 bridgehead atoms. The van der Waals surface area contributed by atoms with Gasteiger partial charge in [-0.15, -0.1) is 13.2 Å². The average molecular weight is 251 g/mol. The van der Waals surface area contributed by atoms with Gasteiger partial charge in [0.25, 0.3) is 5.91 Å². The van der Waals surface area contributed by atoms with E-state index in [9.17, 15) is 4.79 Å². The molecule has 4 heteroatoms. The number of rotatable bonds is 5. The highest BCUT2D eigenvalue weighted by Gasteiger charge is 2.14. The van der Waals surface area contributed by atoms with Crippen molar-refractivity contribution >= 4 is 23.2 Å². The molecule has 0 aliphatic heterocycles. The lowest BCUT2D eigenvalue weighted by atomic mass is 10.1. The molecule has 0 aromatic heterocycles. The molecule has 0 saturated carbocycles. The van der Waals surface area contributed by atoms with Gasteiger partial charge >= 0.3 is 0 Å². The molecule has 90 valence electrons. The second kappa shape index (κ2) is 6.11. The Hall–Kier alpha value is -1.74. The van der Waals surface area contributed by atoms with Crippen LogP contribution in [0.5, 0.6) is 0 Å². The third-order valence-electron chi connectivity index (χ3n) is 2.15. The van der Waals surface area contributed by atoms with Crippen molar-refractivity contribution in [3.05, 3.63) is 54.1 Å². The van der Waals surface area contributed by atoms with Gasteiger partial charge in [-0.3, -0.25) is 4.79 Å². The lowest BCUT2D eigenvalue weighted by Crippen LogP contribution is -2.31. The van der Waals surface area contributed by atoms with Crippen molar-refractivity contribution in [2.75, 3.05) is 18.8 Å². The van der Waals surface area contributed by atoms with Crippen molar-refractivity contribution in [3.8, 4) is 0 Å². The van der Waals surface area contributed by atoms with Crippen LogP contribution in [0.15, 0.2) is 43.5 Å². The number of nitrogen functional groups attached to an aromatic ring is 1. The fraction of sp³-hybridized carbons (Fsp3) is 0.154. The van der Waals surface area contributed by atoms with Crippen molar-refractivity contribution in [2.24, 2.45) is 0 Å². The summed E-state index contributed by atoms with van der Waals surface area (Å²) in [5.41, 5.74) is 6.59. The van der Waals surface area contributed by atoms with E-state index in [4.69, 9.17) is 17.3 Å². The first-order valence-corrected chi connectivity index (χ1v) is 5.53. The molecule has 0 fully saturated rings. The number of nitrogens with zero attached hydrogens (tertiary/aromatic N) is 1. The van der Waals surface area contributed by atoms with Gasteiger partial charge in [0.15, 0.2) is 0 Å². The minimum atomic E-state index is -0.140. The summed E-state index contributed by atoms with van der Waals surface area (Å²) in [6.07, 6.45) is 3.32. The van der Waals surface area contributed by atoms with Crippen LogP contribution >= 0.6 is 11.6 Å². The van der Waals surface area contributed by atoms with E-state index in [1.807, 2.05) is 0 Å². The van der Waals surface area contributed by atoms with Gasteiger partial charge in [-0.1, -0.05) is 23.8 Å². The normalized spacial score (nSPS) is 9.71. The molecule has 1 aromatic rings. The van der Waals surface area contributed by atoms with E-state index < -0.39 is 0 Å². The van der Waals surface area contributed by atoms with Gasteiger partial charge < -0.3 is 10.6 Å². The summed E-state index contributed by atoms with van der Waals surface area (Å²) in [6.45, 7) is 8.14. The number of carbonyl (C=O) groups is 1. The molecule has 0 aliphatic rings. The Bertz CT molecular complexity index is 413. The molecule has 0 heterocycles. The Balaban J connectivity index is 2.99. The summed E-state index contributed by atoms with van der Waals surface area (Å²) in [6, 6.07) is 4.80. The zero-order valence-electron chi connectivity index (χ0n) is 9.53. The molecule has 0 saturated heterocycles. The maximum absolute atomic E-state index is 12.1. The fourth-order valence-electron chi connectivity index (χ4n) is 1.47. The van der Waals surface area contributed by atoms with Gasteiger partial charge in [-0.25, -0.2) is 0 Å². The summed E-state index contributed by atoms with van der Waals surface area (Å²) in [4.78, 5) is 13.7. The van der Waals surface area contributed by atoms with Crippen molar-refractivity contribution in [1.82, 2.24) is 4.90 Å². The molecular weight excluding hydrogens is 236 g/mol. The monoisotopic (exact) mass is 250 g/mol. The number of anilines is 1. The summed E-state index contributed by atoms with van der Waals surface area (Å²) in [5, 5.41) is 0.450.